The fourth-order valence-electron chi connectivity index (χ4n) is 1.79. The lowest BCUT2D eigenvalue weighted by atomic mass is 10.2. The van der Waals surface area contributed by atoms with Crippen molar-refractivity contribution in [1.82, 2.24) is 9.97 Å². The van der Waals surface area contributed by atoms with E-state index in [0.29, 0.717) is 12.2 Å². The Hall–Kier alpha value is -2.10. The Kier molecular flexibility index (Phi) is 4.34. The molecule has 0 amide bonds. The highest BCUT2D eigenvalue weighted by Gasteiger charge is 2.05. The third kappa shape index (κ3) is 3.32. The van der Waals surface area contributed by atoms with Crippen molar-refractivity contribution in [3.05, 3.63) is 47.6 Å². The fraction of sp³-hybridized carbons (Fsp3) is 0.133. The summed E-state index contributed by atoms with van der Waals surface area (Å²) in [5.74, 6) is 1.59. The van der Waals surface area contributed by atoms with Crippen molar-refractivity contribution >= 4 is 33.3 Å². The first-order chi connectivity index (χ1) is 10.4. The first kappa shape index (κ1) is 13.9. The van der Waals surface area contributed by atoms with Crippen LogP contribution >= 0.6 is 23.1 Å². The molecule has 0 saturated heterocycles. The maximum Gasteiger partial charge on any atom is 0.119 e. The second-order valence-corrected chi connectivity index (χ2v) is 6.15. The number of nitrogens with zero attached hydrogens (tertiary/aromatic N) is 3. The van der Waals surface area contributed by atoms with Crippen LogP contribution < -0.4 is 4.74 Å². The molecule has 2 heterocycles. The Bertz CT molecular complexity index is 777. The number of nitriles is 1. The lowest BCUT2D eigenvalue weighted by molar-refractivity contribution is 0.344. The largest absolute Gasteiger partial charge is 0.493 e. The molecule has 0 unspecified atom stereocenters. The number of hydrogen-bond acceptors (Lipinski definition) is 6. The molecule has 21 heavy (non-hydrogen) atoms. The molecule has 104 valence electrons. The molecule has 0 spiro atoms. The van der Waals surface area contributed by atoms with Crippen LogP contribution in [0.2, 0.25) is 0 Å². The predicted molar refractivity (Wildman–Crippen MR) is 84.8 cm³/mol. The van der Waals surface area contributed by atoms with Gasteiger partial charge in [-0.2, -0.15) is 5.26 Å². The number of thiophene rings is 1. The summed E-state index contributed by atoms with van der Waals surface area (Å²) in [5, 5.41) is 11.8. The van der Waals surface area contributed by atoms with Crippen molar-refractivity contribution in [3.63, 3.8) is 0 Å². The second-order valence-electron chi connectivity index (χ2n) is 4.15. The van der Waals surface area contributed by atoms with Crippen molar-refractivity contribution in [3.8, 4) is 11.8 Å². The standard InChI is InChI=1S/C15H11N3OS2/c16-9-11-1-3-12(4-2-11)19-6-8-21-15-14-13(5-7-20-14)17-10-18-15/h1-5,7,10H,6,8H2. The minimum Gasteiger partial charge on any atom is -0.493 e. The molecule has 1 aromatic carbocycles. The molecule has 0 N–H and O–H groups in total. The Morgan fingerprint density at radius 3 is 2.86 bits per heavy atom. The van der Waals surface area contributed by atoms with Gasteiger partial charge in [0.1, 0.15) is 17.1 Å². The number of hydrogen-bond donors (Lipinski definition) is 0. The van der Waals surface area contributed by atoms with Crippen molar-refractivity contribution in [2.45, 2.75) is 5.03 Å². The van der Waals surface area contributed by atoms with Crippen LogP contribution in [0.4, 0.5) is 0 Å². The summed E-state index contributed by atoms with van der Waals surface area (Å²) in [4.78, 5) is 8.54. The van der Waals surface area contributed by atoms with E-state index in [2.05, 4.69) is 16.0 Å². The Labute approximate surface area is 130 Å². The lowest BCUT2D eigenvalue weighted by Gasteiger charge is -2.06. The first-order valence-corrected chi connectivity index (χ1v) is 8.17. The van der Waals surface area contributed by atoms with Crippen molar-refractivity contribution in [2.24, 2.45) is 0 Å². The summed E-state index contributed by atoms with van der Waals surface area (Å²) in [5.41, 5.74) is 1.63. The molecule has 0 aliphatic rings. The Balaban J connectivity index is 1.54. The summed E-state index contributed by atoms with van der Waals surface area (Å²) in [6, 6.07) is 11.2. The van der Waals surface area contributed by atoms with Crippen molar-refractivity contribution in [2.75, 3.05) is 12.4 Å². The molecule has 3 aromatic rings. The smallest absolute Gasteiger partial charge is 0.119 e. The first-order valence-electron chi connectivity index (χ1n) is 6.31. The lowest BCUT2D eigenvalue weighted by Crippen LogP contribution is -2.00. The van der Waals surface area contributed by atoms with E-state index in [1.54, 1.807) is 41.6 Å². The van der Waals surface area contributed by atoms with E-state index in [1.807, 2.05) is 23.6 Å². The van der Waals surface area contributed by atoms with E-state index in [-0.39, 0.29) is 0 Å². The van der Waals surface area contributed by atoms with Gasteiger partial charge in [0, 0.05) is 5.75 Å². The van der Waals surface area contributed by atoms with Gasteiger partial charge in [0.2, 0.25) is 0 Å². The van der Waals surface area contributed by atoms with Gasteiger partial charge in [-0.1, -0.05) is 0 Å². The Morgan fingerprint density at radius 1 is 1.19 bits per heavy atom. The molecular formula is C15H11N3OS2. The van der Waals surface area contributed by atoms with Crippen LogP contribution in [0, 0.1) is 11.3 Å². The van der Waals surface area contributed by atoms with Crippen LogP contribution in [0.15, 0.2) is 47.1 Å². The van der Waals surface area contributed by atoms with Crippen LogP contribution in [0.25, 0.3) is 10.2 Å². The molecule has 3 rings (SSSR count). The number of aromatic nitrogens is 2. The van der Waals surface area contributed by atoms with Crippen molar-refractivity contribution in [1.29, 1.82) is 5.26 Å². The van der Waals surface area contributed by atoms with Gasteiger partial charge in [-0.25, -0.2) is 9.97 Å². The number of benzene rings is 1. The predicted octanol–water partition coefficient (Wildman–Crippen LogP) is 3.73. The molecule has 2 aromatic heterocycles. The second kappa shape index (κ2) is 6.57. The van der Waals surface area contributed by atoms with Crippen LogP contribution in [0.5, 0.6) is 5.75 Å². The highest BCUT2D eigenvalue weighted by Crippen LogP contribution is 2.28. The van der Waals surface area contributed by atoms with Gasteiger partial charge in [-0.15, -0.1) is 23.1 Å². The number of rotatable bonds is 5. The molecule has 0 saturated carbocycles. The maximum absolute atomic E-state index is 8.73. The van der Waals surface area contributed by atoms with E-state index in [9.17, 15) is 0 Å². The zero-order valence-corrected chi connectivity index (χ0v) is 12.7. The maximum atomic E-state index is 8.73. The van der Waals surface area contributed by atoms with Crippen LogP contribution in [0.1, 0.15) is 5.56 Å². The van der Waals surface area contributed by atoms with E-state index in [0.717, 1.165) is 26.7 Å². The molecule has 0 aliphatic heterocycles. The highest BCUT2D eigenvalue weighted by molar-refractivity contribution is 7.99. The SMILES string of the molecule is N#Cc1ccc(OCCSc2ncnc3ccsc23)cc1. The summed E-state index contributed by atoms with van der Waals surface area (Å²) < 4.78 is 6.78. The average Bonchev–Trinajstić information content (AvgIpc) is 3.01. The highest BCUT2D eigenvalue weighted by atomic mass is 32.2. The Morgan fingerprint density at radius 2 is 2.05 bits per heavy atom. The van der Waals surface area contributed by atoms with Crippen LogP contribution in [0.3, 0.4) is 0 Å². The molecule has 0 bridgehead atoms. The van der Waals surface area contributed by atoms with Gasteiger partial charge in [0.15, 0.2) is 0 Å². The van der Waals surface area contributed by atoms with E-state index in [1.165, 1.54) is 0 Å². The summed E-state index contributed by atoms with van der Waals surface area (Å²) in [6.07, 6.45) is 1.60. The van der Waals surface area contributed by atoms with Gasteiger partial charge in [-0.05, 0) is 35.7 Å². The van der Waals surface area contributed by atoms with E-state index in [4.69, 9.17) is 10.00 Å². The summed E-state index contributed by atoms with van der Waals surface area (Å²) >= 11 is 3.32. The quantitative estimate of drug-likeness (QED) is 0.408. The minimum absolute atomic E-state index is 0.591. The topological polar surface area (TPSA) is 58.8 Å². The van der Waals surface area contributed by atoms with Crippen LogP contribution in [-0.4, -0.2) is 22.3 Å². The zero-order valence-electron chi connectivity index (χ0n) is 11.0. The van der Waals surface area contributed by atoms with Crippen molar-refractivity contribution < 1.29 is 4.74 Å². The van der Waals surface area contributed by atoms with E-state index >= 15 is 0 Å². The molecule has 0 radical (unpaired) electrons. The third-order valence-corrected chi connectivity index (χ3v) is 4.78. The number of thioether (sulfide) groups is 1. The zero-order chi connectivity index (χ0) is 14.5. The monoisotopic (exact) mass is 313 g/mol. The van der Waals surface area contributed by atoms with Gasteiger partial charge in [0.05, 0.1) is 28.5 Å². The number of ether oxygens (including phenoxy) is 1. The summed E-state index contributed by atoms with van der Waals surface area (Å²) in [7, 11) is 0. The molecular weight excluding hydrogens is 302 g/mol. The van der Waals surface area contributed by atoms with Gasteiger partial charge >= 0.3 is 0 Å². The fourth-order valence-corrected chi connectivity index (χ4v) is 3.56. The van der Waals surface area contributed by atoms with Gasteiger partial charge in [0.25, 0.3) is 0 Å². The van der Waals surface area contributed by atoms with E-state index < -0.39 is 0 Å². The summed E-state index contributed by atoms with van der Waals surface area (Å²) in [6.45, 7) is 0.591. The third-order valence-electron chi connectivity index (χ3n) is 2.78. The number of fused-ring (bicyclic) bond motifs is 1. The molecule has 6 heteroatoms. The molecule has 0 fully saturated rings. The molecule has 0 aliphatic carbocycles. The van der Waals surface area contributed by atoms with Crippen LogP contribution in [-0.2, 0) is 0 Å². The normalized spacial score (nSPS) is 10.4. The van der Waals surface area contributed by atoms with Gasteiger partial charge in [-0.3, -0.25) is 0 Å². The molecule has 4 nitrogen and oxygen atoms in total. The minimum atomic E-state index is 0.591. The average molecular weight is 313 g/mol. The van der Waals surface area contributed by atoms with Gasteiger partial charge < -0.3 is 4.74 Å². The molecule has 0 atom stereocenters.